The Morgan fingerprint density at radius 3 is 2.72 bits per heavy atom. The van der Waals surface area contributed by atoms with Gasteiger partial charge in [-0.05, 0) is 30.0 Å². The lowest BCUT2D eigenvalue weighted by Crippen LogP contribution is -2.30. The Hall–Kier alpha value is -0.870. The summed E-state index contributed by atoms with van der Waals surface area (Å²) in [6.07, 6.45) is 0.879. The summed E-state index contributed by atoms with van der Waals surface area (Å²) < 4.78 is 1.05. The first-order valence-electron chi connectivity index (χ1n) is 6.27. The number of hydrogen-bond donors (Lipinski definition) is 1. The number of rotatable bonds is 3. The first-order valence-corrected chi connectivity index (χ1v) is 7.07. The molecule has 4 heteroatoms. The SMILES string of the molecule is CC(CC(=O)N1CC[C@@H](O)C1)c1ccc(Br)cc1. The minimum atomic E-state index is -0.336. The normalized spacial score (nSPS) is 21.1. The second-order valence-corrected chi connectivity index (χ2v) is 5.85. The van der Waals surface area contributed by atoms with Gasteiger partial charge in [-0.3, -0.25) is 4.79 Å². The highest BCUT2D eigenvalue weighted by Gasteiger charge is 2.25. The zero-order valence-corrected chi connectivity index (χ0v) is 12.1. The third-order valence-corrected chi connectivity index (χ3v) is 3.96. The topological polar surface area (TPSA) is 40.5 Å². The van der Waals surface area contributed by atoms with Crippen LogP contribution in [0.5, 0.6) is 0 Å². The lowest BCUT2D eigenvalue weighted by molar-refractivity contribution is -0.130. The van der Waals surface area contributed by atoms with Gasteiger partial charge in [0.15, 0.2) is 0 Å². The third kappa shape index (κ3) is 3.33. The average Bonchev–Trinajstić information content (AvgIpc) is 2.76. The van der Waals surface area contributed by atoms with Gasteiger partial charge in [0.2, 0.25) is 5.91 Å². The summed E-state index contributed by atoms with van der Waals surface area (Å²) in [6, 6.07) is 8.08. The van der Waals surface area contributed by atoms with Crippen molar-refractivity contribution in [2.75, 3.05) is 13.1 Å². The highest BCUT2D eigenvalue weighted by molar-refractivity contribution is 9.10. The van der Waals surface area contributed by atoms with Gasteiger partial charge in [-0.2, -0.15) is 0 Å². The zero-order chi connectivity index (χ0) is 13.1. The molecule has 0 radical (unpaired) electrons. The van der Waals surface area contributed by atoms with Crippen molar-refractivity contribution in [1.82, 2.24) is 4.90 Å². The first kappa shape index (κ1) is 13.6. The van der Waals surface area contributed by atoms with Crippen molar-refractivity contribution in [2.24, 2.45) is 0 Å². The van der Waals surface area contributed by atoms with Gasteiger partial charge in [-0.1, -0.05) is 35.0 Å². The average molecular weight is 312 g/mol. The number of hydrogen-bond acceptors (Lipinski definition) is 2. The molecule has 0 spiro atoms. The lowest BCUT2D eigenvalue weighted by atomic mass is 9.97. The Balaban J connectivity index is 1.92. The van der Waals surface area contributed by atoms with Gasteiger partial charge in [-0.15, -0.1) is 0 Å². The number of aliphatic hydroxyl groups excluding tert-OH is 1. The molecule has 1 aliphatic heterocycles. The van der Waals surface area contributed by atoms with E-state index in [9.17, 15) is 9.90 Å². The Bertz CT molecular complexity index is 418. The van der Waals surface area contributed by atoms with E-state index in [0.29, 0.717) is 25.9 Å². The largest absolute Gasteiger partial charge is 0.391 e. The number of aliphatic hydroxyl groups is 1. The molecule has 1 amide bonds. The molecule has 1 N–H and O–H groups in total. The fourth-order valence-corrected chi connectivity index (χ4v) is 2.53. The Morgan fingerprint density at radius 1 is 1.50 bits per heavy atom. The molecule has 18 heavy (non-hydrogen) atoms. The second kappa shape index (κ2) is 5.85. The number of amides is 1. The minimum Gasteiger partial charge on any atom is -0.391 e. The van der Waals surface area contributed by atoms with Gasteiger partial charge in [0.05, 0.1) is 6.10 Å². The predicted molar refractivity (Wildman–Crippen MR) is 74.4 cm³/mol. The molecule has 1 saturated heterocycles. The van der Waals surface area contributed by atoms with E-state index in [1.54, 1.807) is 4.90 Å². The van der Waals surface area contributed by atoms with Gasteiger partial charge < -0.3 is 10.0 Å². The summed E-state index contributed by atoms with van der Waals surface area (Å²) in [5.41, 5.74) is 1.17. The van der Waals surface area contributed by atoms with Crippen LogP contribution in [-0.2, 0) is 4.79 Å². The zero-order valence-electron chi connectivity index (χ0n) is 10.5. The third-order valence-electron chi connectivity index (χ3n) is 3.44. The smallest absolute Gasteiger partial charge is 0.223 e. The fourth-order valence-electron chi connectivity index (χ4n) is 2.27. The molecule has 0 saturated carbocycles. The van der Waals surface area contributed by atoms with E-state index in [1.165, 1.54) is 5.56 Å². The molecule has 1 heterocycles. The number of carbonyl (C=O) groups excluding carboxylic acids is 1. The van der Waals surface area contributed by atoms with E-state index >= 15 is 0 Å². The van der Waals surface area contributed by atoms with Crippen LogP contribution in [0.3, 0.4) is 0 Å². The highest BCUT2D eigenvalue weighted by Crippen LogP contribution is 2.23. The van der Waals surface area contributed by atoms with Gasteiger partial charge in [0.1, 0.15) is 0 Å². The van der Waals surface area contributed by atoms with Gasteiger partial charge in [0.25, 0.3) is 0 Å². The molecule has 2 atom stereocenters. The van der Waals surface area contributed by atoms with E-state index in [1.807, 2.05) is 24.3 Å². The van der Waals surface area contributed by atoms with Crippen molar-refractivity contribution in [2.45, 2.75) is 31.8 Å². The molecule has 0 aromatic heterocycles. The van der Waals surface area contributed by atoms with Crippen LogP contribution < -0.4 is 0 Å². The van der Waals surface area contributed by atoms with E-state index in [-0.39, 0.29) is 17.9 Å². The highest BCUT2D eigenvalue weighted by atomic mass is 79.9. The summed E-state index contributed by atoms with van der Waals surface area (Å²) in [7, 11) is 0. The number of β-amino-alcohol motifs (C(OH)–C–C–N with tert-alkyl or cyclic N) is 1. The van der Waals surface area contributed by atoms with Crippen LogP contribution in [0.25, 0.3) is 0 Å². The molecule has 1 unspecified atom stereocenters. The maximum atomic E-state index is 12.0. The number of benzene rings is 1. The quantitative estimate of drug-likeness (QED) is 0.932. The Morgan fingerprint density at radius 2 is 2.17 bits per heavy atom. The van der Waals surface area contributed by atoms with Crippen LogP contribution in [0.1, 0.15) is 31.2 Å². The van der Waals surface area contributed by atoms with Crippen molar-refractivity contribution >= 4 is 21.8 Å². The van der Waals surface area contributed by atoms with Crippen LogP contribution in [0.2, 0.25) is 0 Å². The Kier molecular flexibility index (Phi) is 4.40. The fraction of sp³-hybridized carbons (Fsp3) is 0.500. The number of likely N-dealkylation sites (tertiary alicyclic amines) is 1. The van der Waals surface area contributed by atoms with E-state index in [0.717, 1.165) is 4.47 Å². The first-order chi connectivity index (χ1) is 8.56. The summed E-state index contributed by atoms with van der Waals surface area (Å²) in [5.74, 6) is 0.352. The van der Waals surface area contributed by atoms with Crippen LogP contribution in [0.4, 0.5) is 0 Å². The van der Waals surface area contributed by atoms with Crippen molar-refractivity contribution in [1.29, 1.82) is 0 Å². The number of halogens is 1. The number of carbonyl (C=O) groups is 1. The van der Waals surface area contributed by atoms with Crippen LogP contribution in [0, 0.1) is 0 Å². The van der Waals surface area contributed by atoms with E-state index in [4.69, 9.17) is 0 Å². The molecule has 1 fully saturated rings. The summed E-state index contributed by atoms with van der Waals surface area (Å²) in [4.78, 5) is 13.8. The van der Waals surface area contributed by atoms with E-state index < -0.39 is 0 Å². The summed E-state index contributed by atoms with van der Waals surface area (Å²) >= 11 is 3.40. The standard InChI is InChI=1S/C14H18BrNO2/c1-10(11-2-4-12(15)5-3-11)8-14(18)16-7-6-13(17)9-16/h2-5,10,13,17H,6-9H2,1H3/t10?,13-/m1/s1. The minimum absolute atomic E-state index is 0.141. The van der Waals surface area contributed by atoms with Crippen molar-refractivity contribution in [3.8, 4) is 0 Å². The molecule has 0 aliphatic carbocycles. The monoisotopic (exact) mass is 311 g/mol. The molecule has 0 bridgehead atoms. The maximum absolute atomic E-state index is 12.0. The maximum Gasteiger partial charge on any atom is 0.223 e. The number of nitrogens with zero attached hydrogens (tertiary/aromatic N) is 1. The molecule has 1 aliphatic rings. The van der Waals surface area contributed by atoms with Gasteiger partial charge in [0, 0.05) is 24.0 Å². The summed E-state index contributed by atoms with van der Waals surface area (Å²) in [5, 5.41) is 9.43. The van der Waals surface area contributed by atoms with E-state index in [2.05, 4.69) is 22.9 Å². The van der Waals surface area contributed by atoms with Gasteiger partial charge >= 0.3 is 0 Å². The Labute approximate surface area is 116 Å². The van der Waals surface area contributed by atoms with Crippen molar-refractivity contribution in [3.05, 3.63) is 34.3 Å². The second-order valence-electron chi connectivity index (χ2n) is 4.94. The van der Waals surface area contributed by atoms with Crippen LogP contribution >= 0.6 is 15.9 Å². The molecule has 3 nitrogen and oxygen atoms in total. The molecular formula is C14H18BrNO2. The molecule has 2 rings (SSSR count). The molecule has 1 aromatic rings. The van der Waals surface area contributed by atoms with Gasteiger partial charge in [-0.25, -0.2) is 0 Å². The molecular weight excluding hydrogens is 294 g/mol. The van der Waals surface area contributed by atoms with Crippen LogP contribution in [0.15, 0.2) is 28.7 Å². The lowest BCUT2D eigenvalue weighted by Gasteiger charge is -2.18. The van der Waals surface area contributed by atoms with Crippen molar-refractivity contribution < 1.29 is 9.90 Å². The molecule has 98 valence electrons. The molecule has 1 aromatic carbocycles. The van der Waals surface area contributed by atoms with Crippen LogP contribution in [-0.4, -0.2) is 35.1 Å². The van der Waals surface area contributed by atoms with Crippen molar-refractivity contribution in [3.63, 3.8) is 0 Å². The predicted octanol–water partition coefficient (Wildman–Crippen LogP) is 2.54. The summed E-state index contributed by atoms with van der Waals surface area (Å²) in [6.45, 7) is 3.24.